The lowest BCUT2D eigenvalue weighted by molar-refractivity contribution is 0.0696. The van der Waals surface area contributed by atoms with Crippen molar-refractivity contribution in [2.75, 3.05) is 0 Å². The molecule has 1 N–H and O–H groups in total. The van der Waals surface area contributed by atoms with E-state index in [1.54, 1.807) is 6.07 Å². The molecule has 0 fully saturated rings. The fourth-order valence-corrected chi connectivity index (χ4v) is 1.82. The van der Waals surface area contributed by atoms with Crippen LogP contribution in [-0.4, -0.2) is 11.1 Å². The highest BCUT2D eigenvalue weighted by Crippen LogP contribution is 2.15. The zero-order valence-electron chi connectivity index (χ0n) is 7.38. The molecule has 1 aromatic rings. The second kappa shape index (κ2) is 4.60. The highest BCUT2D eigenvalue weighted by atomic mass is 127. The summed E-state index contributed by atoms with van der Waals surface area (Å²) in [6, 6.07) is 5.64. The number of hydrogen-bond donors (Lipinski definition) is 1. The second-order valence-corrected chi connectivity index (χ2v) is 3.55. The molecule has 0 aliphatic rings. The van der Waals surface area contributed by atoms with E-state index in [1.807, 2.05) is 19.1 Å². The number of aromatic carboxylic acids is 1. The Labute approximate surface area is 91.1 Å². The molecule has 0 atom stereocenters. The highest BCUT2D eigenvalue weighted by Gasteiger charge is 2.08. The first-order chi connectivity index (χ1) is 6.19. The molecule has 0 aliphatic heterocycles. The number of halogens is 1. The van der Waals surface area contributed by atoms with E-state index < -0.39 is 5.97 Å². The summed E-state index contributed by atoms with van der Waals surface area (Å²) in [7, 11) is 0. The molecule has 0 amide bonds. The summed E-state index contributed by atoms with van der Waals surface area (Å²) >= 11 is 2.17. The van der Waals surface area contributed by atoms with Crippen molar-refractivity contribution < 1.29 is 9.90 Å². The summed E-state index contributed by atoms with van der Waals surface area (Å²) in [5.41, 5.74) is 2.41. The van der Waals surface area contributed by atoms with Gasteiger partial charge in [0.2, 0.25) is 0 Å². The average molecular weight is 290 g/mol. The first kappa shape index (κ1) is 10.5. The van der Waals surface area contributed by atoms with E-state index in [9.17, 15) is 4.79 Å². The largest absolute Gasteiger partial charge is 0.478 e. The van der Waals surface area contributed by atoms with Crippen molar-refractivity contribution in [1.82, 2.24) is 0 Å². The molecule has 0 radical (unpaired) electrons. The topological polar surface area (TPSA) is 37.3 Å². The molecule has 0 spiro atoms. The zero-order chi connectivity index (χ0) is 9.84. The molecule has 0 aromatic heterocycles. The van der Waals surface area contributed by atoms with Crippen molar-refractivity contribution in [2.45, 2.75) is 17.8 Å². The number of carboxylic acid groups (broad SMARTS) is 1. The lowest BCUT2D eigenvalue weighted by atomic mass is 10.0. The van der Waals surface area contributed by atoms with Crippen molar-refractivity contribution in [3.05, 3.63) is 34.9 Å². The van der Waals surface area contributed by atoms with E-state index in [2.05, 4.69) is 22.6 Å². The van der Waals surface area contributed by atoms with Crippen molar-refractivity contribution >= 4 is 28.6 Å². The molecule has 0 saturated carbocycles. The fraction of sp³-hybridized carbons (Fsp3) is 0.300. The van der Waals surface area contributed by atoms with Crippen LogP contribution in [0.3, 0.4) is 0 Å². The van der Waals surface area contributed by atoms with Gasteiger partial charge in [0, 0.05) is 4.43 Å². The number of rotatable bonds is 3. The van der Waals surface area contributed by atoms with Crippen LogP contribution in [0.4, 0.5) is 0 Å². The zero-order valence-corrected chi connectivity index (χ0v) is 9.54. The molecule has 0 bridgehead atoms. The van der Waals surface area contributed by atoms with Crippen LogP contribution in [0.15, 0.2) is 18.2 Å². The van der Waals surface area contributed by atoms with E-state index in [0.29, 0.717) is 5.56 Å². The molecule has 13 heavy (non-hydrogen) atoms. The maximum Gasteiger partial charge on any atom is 0.336 e. The molecular formula is C10H11IO2. The van der Waals surface area contributed by atoms with Gasteiger partial charge in [0.1, 0.15) is 0 Å². The Balaban J connectivity index is 3.18. The van der Waals surface area contributed by atoms with Gasteiger partial charge in [-0.2, -0.15) is 0 Å². The van der Waals surface area contributed by atoms with Gasteiger partial charge in [0.05, 0.1) is 5.56 Å². The highest BCUT2D eigenvalue weighted by molar-refractivity contribution is 14.1. The van der Waals surface area contributed by atoms with Gasteiger partial charge in [-0.1, -0.05) is 41.6 Å². The van der Waals surface area contributed by atoms with E-state index in [1.165, 1.54) is 0 Å². The van der Waals surface area contributed by atoms with Gasteiger partial charge >= 0.3 is 5.97 Å². The summed E-state index contributed by atoms with van der Waals surface area (Å²) in [5.74, 6) is -0.832. The van der Waals surface area contributed by atoms with E-state index in [-0.39, 0.29) is 0 Å². The van der Waals surface area contributed by atoms with E-state index >= 15 is 0 Å². The molecule has 0 saturated heterocycles. The predicted octanol–water partition coefficient (Wildman–Crippen LogP) is 2.88. The number of benzene rings is 1. The number of carboxylic acids is 1. The number of carbonyl (C=O) groups is 1. The summed E-state index contributed by atoms with van der Waals surface area (Å²) < 4.78 is 0.739. The number of alkyl halides is 1. The Morgan fingerprint density at radius 1 is 1.54 bits per heavy atom. The van der Waals surface area contributed by atoms with Gasteiger partial charge in [-0.3, -0.25) is 0 Å². The Kier molecular flexibility index (Phi) is 3.71. The van der Waals surface area contributed by atoms with Gasteiger partial charge in [-0.15, -0.1) is 0 Å². The van der Waals surface area contributed by atoms with Gasteiger partial charge in [-0.25, -0.2) is 4.79 Å². The van der Waals surface area contributed by atoms with Crippen LogP contribution in [0.1, 0.15) is 28.4 Å². The predicted molar refractivity (Wildman–Crippen MR) is 60.5 cm³/mol. The first-order valence-electron chi connectivity index (χ1n) is 4.10. The molecule has 0 unspecified atom stereocenters. The molecule has 0 heterocycles. The summed E-state index contributed by atoms with van der Waals surface area (Å²) in [6.45, 7) is 2.02. The Hall–Kier alpha value is -0.580. The number of hydrogen-bond acceptors (Lipinski definition) is 1. The van der Waals surface area contributed by atoms with Crippen LogP contribution >= 0.6 is 22.6 Å². The van der Waals surface area contributed by atoms with Gasteiger partial charge in [0.15, 0.2) is 0 Å². The van der Waals surface area contributed by atoms with E-state index in [0.717, 1.165) is 22.0 Å². The molecule has 1 rings (SSSR count). The SMILES string of the molecule is CCc1ccc(CI)c(C(=O)O)c1. The second-order valence-electron chi connectivity index (χ2n) is 2.78. The smallest absolute Gasteiger partial charge is 0.336 e. The number of aryl methyl sites for hydroxylation is 1. The maximum absolute atomic E-state index is 10.8. The summed E-state index contributed by atoms with van der Waals surface area (Å²) in [6.07, 6.45) is 0.877. The standard InChI is InChI=1S/C10H11IO2/c1-2-7-3-4-8(6-11)9(5-7)10(12)13/h3-5H,2,6H2,1H3,(H,12,13). The Bertz CT molecular complexity index is 321. The molecule has 1 aromatic carbocycles. The molecule has 0 aliphatic carbocycles. The van der Waals surface area contributed by atoms with Crippen LogP contribution in [0.5, 0.6) is 0 Å². The van der Waals surface area contributed by atoms with Crippen LogP contribution in [0.2, 0.25) is 0 Å². The summed E-state index contributed by atoms with van der Waals surface area (Å²) in [4.78, 5) is 10.8. The lowest BCUT2D eigenvalue weighted by Gasteiger charge is -2.04. The van der Waals surface area contributed by atoms with Gasteiger partial charge < -0.3 is 5.11 Å². The first-order valence-corrected chi connectivity index (χ1v) is 5.62. The van der Waals surface area contributed by atoms with Crippen LogP contribution < -0.4 is 0 Å². The van der Waals surface area contributed by atoms with Crippen LogP contribution in [-0.2, 0) is 10.8 Å². The van der Waals surface area contributed by atoms with Crippen molar-refractivity contribution in [3.8, 4) is 0 Å². The normalized spacial score (nSPS) is 10.0. The molecule has 2 nitrogen and oxygen atoms in total. The maximum atomic E-state index is 10.8. The Morgan fingerprint density at radius 3 is 2.69 bits per heavy atom. The molecule has 70 valence electrons. The van der Waals surface area contributed by atoms with Crippen molar-refractivity contribution in [1.29, 1.82) is 0 Å². The van der Waals surface area contributed by atoms with Gasteiger partial charge in [-0.05, 0) is 23.6 Å². The Morgan fingerprint density at radius 2 is 2.23 bits per heavy atom. The molecular weight excluding hydrogens is 279 g/mol. The average Bonchev–Trinajstić information content (AvgIpc) is 2.16. The minimum atomic E-state index is -0.832. The molecule has 3 heteroatoms. The fourth-order valence-electron chi connectivity index (χ4n) is 1.16. The monoisotopic (exact) mass is 290 g/mol. The minimum Gasteiger partial charge on any atom is -0.478 e. The van der Waals surface area contributed by atoms with Crippen LogP contribution in [0.25, 0.3) is 0 Å². The van der Waals surface area contributed by atoms with Crippen LogP contribution in [0, 0.1) is 0 Å². The van der Waals surface area contributed by atoms with Crippen molar-refractivity contribution in [2.24, 2.45) is 0 Å². The summed E-state index contributed by atoms with van der Waals surface area (Å²) in [5, 5.41) is 8.91. The lowest BCUT2D eigenvalue weighted by Crippen LogP contribution is -2.02. The third kappa shape index (κ3) is 2.43. The minimum absolute atomic E-state index is 0.439. The van der Waals surface area contributed by atoms with E-state index in [4.69, 9.17) is 5.11 Å². The van der Waals surface area contributed by atoms with Gasteiger partial charge in [0.25, 0.3) is 0 Å². The quantitative estimate of drug-likeness (QED) is 0.686. The third-order valence-corrected chi connectivity index (χ3v) is 2.78. The van der Waals surface area contributed by atoms with Crippen molar-refractivity contribution in [3.63, 3.8) is 0 Å². The third-order valence-electron chi connectivity index (χ3n) is 1.96.